The third-order valence-corrected chi connectivity index (χ3v) is 5.41. The normalized spacial score (nSPS) is 14.4. The van der Waals surface area contributed by atoms with Crippen LogP contribution in [-0.4, -0.2) is 24.5 Å². The number of benzene rings is 2. The highest BCUT2D eigenvalue weighted by Crippen LogP contribution is 2.25. The molecule has 1 aliphatic carbocycles. The van der Waals surface area contributed by atoms with Gasteiger partial charge < -0.3 is 15.4 Å². The summed E-state index contributed by atoms with van der Waals surface area (Å²) >= 11 is 3.43. The minimum atomic E-state index is -0.280. The van der Waals surface area contributed by atoms with Crippen LogP contribution in [0.15, 0.2) is 46.9 Å². The molecule has 0 spiro atoms. The van der Waals surface area contributed by atoms with Crippen LogP contribution in [0.3, 0.4) is 0 Å². The number of carbonyl (C=O) groups excluding carboxylic acids is 2. The van der Waals surface area contributed by atoms with Gasteiger partial charge in [-0.2, -0.15) is 0 Å². The smallest absolute Gasteiger partial charge is 0.262 e. The molecule has 3 rings (SSSR count). The van der Waals surface area contributed by atoms with Crippen LogP contribution in [0.25, 0.3) is 0 Å². The second-order valence-electron chi connectivity index (χ2n) is 7.16. The Hall–Kier alpha value is -2.34. The van der Waals surface area contributed by atoms with Gasteiger partial charge in [-0.3, -0.25) is 9.59 Å². The zero-order chi connectivity index (χ0) is 19.9. The van der Waals surface area contributed by atoms with Crippen molar-refractivity contribution in [1.29, 1.82) is 0 Å². The van der Waals surface area contributed by atoms with Crippen molar-refractivity contribution in [3.05, 3.63) is 58.1 Å². The van der Waals surface area contributed by atoms with Crippen molar-refractivity contribution >= 4 is 33.4 Å². The standard InChI is InChI=1S/C22H25BrN2O3/c1-15-10-11-20(19(23)12-15)28-14-21(26)24-18-9-5-6-16(13-18)22(27)25-17-7-3-2-4-8-17/h5-6,9-13,17H,2-4,7-8,14H2,1H3,(H,24,26)(H,25,27). The minimum Gasteiger partial charge on any atom is -0.483 e. The summed E-state index contributed by atoms with van der Waals surface area (Å²) in [5.41, 5.74) is 2.23. The predicted molar refractivity (Wildman–Crippen MR) is 114 cm³/mol. The molecule has 1 aliphatic rings. The summed E-state index contributed by atoms with van der Waals surface area (Å²) in [6.45, 7) is 1.87. The summed E-state index contributed by atoms with van der Waals surface area (Å²) in [7, 11) is 0. The fourth-order valence-electron chi connectivity index (χ4n) is 3.32. The van der Waals surface area contributed by atoms with E-state index < -0.39 is 0 Å². The van der Waals surface area contributed by atoms with Crippen LogP contribution >= 0.6 is 15.9 Å². The van der Waals surface area contributed by atoms with Crippen molar-refractivity contribution in [1.82, 2.24) is 5.32 Å². The molecule has 5 nitrogen and oxygen atoms in total. The number of anilines is 1. The number of halogens is 1. The number of ether oxygens (including phenoxy) is 1. The number of hydrogen-bond donors (Lipinski definition) is 2. The lowest BCUT2D eigenvalue weighted by atomic mass is 9.95. The Kier molecular flexibility index (Phi) is 7.09. The molecule has 2 aromatic carbocycles. The van der Waals surface area contributed by atoms with Crippen LogP contribution in [0.4, 0.5) is 5.69 Å². The first kappa shape index (κ1) is 20.4. The van der Waals surface area contributed by atoms with Gasteiger partial charge >= 0.3 is 0 Å². The molecular formula is C22H25BrN2O3. The molecular weight excluding hydrogens is 420 g/mol. The molecule has 6 heteroatoms. The molecule has 148 valence electrons. The summed E-state index contributed by atoms with van der Waals surface area (Å²) < 4.78 is 6.37. The summed E-state index contributed by atoms with van der Waals surface area (Å²) in [6.07, 6.45) is 5.65. The van der Waals surface area contributed by atoms with Gasteiger partial charge in [0.05, 0.1) is 4.47 Å². The summed E-state index contributed by atoms with van der Waals surface area (Å²) in [6, 6.07) is 12.9. The number of hydrogen-bond acceptors (Lipinski definition) is 3. The molecule has 2 aromatic rings. The van der Waals surface area contributed by atoms with E-state index in [-0.39, 0.29) is 24.5 Å². The highest BCUT2D eigenvalue weighted by atomic mass is 79.9. The summed E-state index contributed by atoms with van der Waals surface area (Å²) in [4.78, 5) is 24.7. The van der Waals surface area contributed by atoms with Crippen LogP contribution in [0.5, 0.6) is 5.75 Å². The molecule has 1 fully saturated rings. The van der Waals surface area contributed by atoms with Gasteiger partial charge in [0.25, 0.3) is 11.8 Å². The van der Waals surface area contributed by atoms with Gasteiger partial charge in [0.1, 0.15) is 5.75 Å². The van der Waals surface area contributed by atoms with Gasteiger partial charge in [0, 0.05) is 17.3 Å². The van der Waals surface area contributed by atoms with Gasteiger partial charge in [-0.05, 0) is 71.6 Å². The first-order valence-corrected chi connectivity index (χ1v) is 10.4. The van der Waals surface area contributed by atoms with Crippen LogP contribution in [-0.2, 0) is 4.79 Å². The largest absolute Gasteiger partial charge is 0.483 e. The molecule has 0 saturated heterocycles. The van der Waals surface area contributed by atoms with E-state index in [9.17, 15) is 9.59 Å². The average molecular weight is 445 g/mol. The van der Waals surface area contributed by atoms with Crippen molar-refractivity contribution in [3.8, 4) is 5.75 Å². The van der Waals surface area contributed by atoms with Crippen molar-refractivity contribution in [2.45, 2.75) is 45.1 Å². The van der Waals surface area contributed by atoms with Gasteiger partial charge in [-0.1, -0.05) is 31.4 Å². The highest BCUT2D eigenvalue weighted by Gasteiger charge is 2.17. The molecule has 28 heavy (non-hydrogen) atoms. The first-order chi connectivity index (χ1) is 13.5. The maximum Gasteiger partial charge on any atom is 0.262 e. The molecule has 1 saturated carbocycles. The fourth-order valence-corrected chi connectivity index (χ4v) is 3.92. The Labute approximate surface area is 174 Å². The lowest BCUT2D eigenvalue weighted by Gasteiger charge is -2.22. The van der Waals surface area contributed by atoms with E-state index in [0.717, 1.165) is 35.7 Å². The Morgan fingerprint density at radius 1 is 1.11 bits per heavy atom. The lowest BCUT2D eigenvalue weighted by molar-refractivity contribution is -0.118. The van der Waals surface area contributed by atoms with Crippen LogP contribution in [0, 0.1) is 6.92 Å². The average Bonchev–Trinajstić information content (AvgIpc) is 2.68. The second-order valence-corrected chi connectivity index (χ2v) is 8.01. The summed E-state index contributed by atoms with van der Waals surface area (Å²) in [5.74, 6) is 0.238. The van der Waals surface area contributed by atoms with Crippen LogP contribution in [0.1, 0.15) is 48.0 Å². The Bertz CT molecular complexity index is 847. The van der Waals surface area contributed by atoms with E-state index >= 15 is 0 Å². The third kappa shape index (κ3) is 5.83. The molecule has 0 radical (unpaired) electrons. The predicted octanol–water partition coefficient (Wildman–Crippen LogP) is 4.84. The van der Waals surface area contributed by atoms with E-state index in [4.69, 9.17) is 4.74 Å². The maximum absolute atomic E-state index is 12.5. The van der Waals surface area contributed by atoms with Crippen molar-refractivity contribution in [2.24, 2.45) is 0 Å². The van der Waals surface area contributed by atoms with E-state index in [1.54, 1.807) is 24.3 Å². The topological polar surface area (TPSA) is 67.4 Å². The van der Waals surface area contributed by atoms with Gasteiger partial charge in [0.2, 0.25) is 0 Å². The molecule has 0 heterocycles. The molecule has 0 atom stereocenters. The highest BCUT2D eigenvalue weighted by molar-refractivity contribution is 9.10. The monoisotopic (exact) mass is 444 g/mol. The van der Waals surface area contributed by atoms with Crippen molar-refractivity contribution in [2.75, 3.05) is 11.9 Å². The van der Waals surface area contributed by atoms with Gasteiger partial charge in [-0.25, -0.2) is 0 Å². The number of carbonyl (C=O) groups is 2. The zero-order valence-corrected chi connectivity index (χ0v) is 17.6. The van der Waals surface area contributed by atoms with Crippen molar-refractivity contribution < 1.29 is 14.3 Å². The summed E-state index contributed by atoms with van der Waals surface area (Å²) in [5, 5.41) is 5.87. The lowest BCUT2D eigenvalue weighted by Crippen LogP contribution is -2.36. The van der Waals surface area contributed by atoms with Gasteiger partial charge in [0.15, 0.2) is 6.61 Å². The number of rotatable bonds is 6. The molecule has 2 amide bonds. The quantitative estimate of drug-likeness (QED) is 0.669. The van der Waals surface area contributed by atoms with Gasteiger partial charge in [-0.15, -0.1) is 0 Å². The van der Waals surface area contributed by atoms with Crippen LogP contribution in [0.2, 0.25) is 0 Å². The maximum atomic E-state index is 12.5. The Balaban J connectivity index is 1.54. The second kappa shape index (κ2) is 9.73. The number of aryl methyl sites for hydroxylation is 1. The third-order valence-electron chi connectivity index (χ3n) is 4.80. The molecule has 0 aromatic heterocycles. The van der Waals surface area contributed by atoms with E-state index in [1.807, 2.05) is 25.1 Å². The zero-order valence-electron chi connectivity index (χ0n) is 16.0. The molecule has 0 unspecified atom stereocenters. The SMILES string of the molecule is Cc1ccc(OCC(=O)Nc2cccc(C(=O)NC3CCCCC3)c2)c(Br)c1. The first-order valence-electron chi connectivity index (χ1n) is 9.61. The van der Waals surface area contributed by atoms with Crippen molar-refractivity contribution in [3.63, 3.8) is 0 Å². The Morgan fingerprint density at radius 2 is 1.89 bits per heavy atom. The van der Waals surface area contributed by atoms with E-state index in [1.165, 1.54) is 6.42 Å². The number of nitrogens with one attached hydrogen (secondary N) is 2. The Morgan fingerprint density at radius 3 is 2.64 bits per heavy atom. The molecule has 0 aliphatic heterocycles. The van der Waals surface area contributed by atoms with E-state index in [0.29, 0.717) is 17.0 Å². The van der Waals surface area contributed by atoms with E-state index in [2.05, 4.69) is 26.6 Å². The van der Waals surface area contributed by atoms with Crippen LogP contribution < -0.4 is 15.4 Å². The molecule has 2 N–H and O–H groups in total. The number of amides is 2. The minimum absolute atomic E-state index is 0.0946. The fraction of sp³-hybridized carbons (Fsp3) is 0.364. The molecule has 0 bridgehead atoms.